The van der Waals surface area contributed by atoms with E-state index in [2.05, 4.69) is 5.32 Å². The maximum Gasteiger partial charge on any atom is 0.328 e. The summed E-state index contributed by atoms with van der Waals surface area (Å²) in [6.07, 6.45) is 0. The lowest BCUT2D eigenvalue weighted by molar-refractivity contribution is -0.144. The summed E-state index contributed by atoms with van der Waals surface area (Å²) in [5.41, 5.74) is 5.02. The summed E-state index contributed by atoms with van der Waals surface area (Å²) < 4.78 is 0. The van der Waals surface area contributed by atoms with Crippen molar-refractivity contribution in [1.82, 2.24) is 5.32 Å². The Labute approximate surface area is 89.1 Å². The van der Waals surface area contributed by atoms with Gasteiger partial charge in [0.25, 0.3) is 0 Å². The maximum atomic E-state index is 11.2. The van der Waals surface area contributed by atoms with E-state index in [1.54, 1.807) is 19.1 Å². The van der Waals surface area contributed by atoms with Gasteiger partial charge in [0.2, 0.25) is 0 Å². The van der Waals surface area contributed by atoms with Gasteiger partial charge in [0, 0.05) is 13.1 Å². The Kier molecular flexibility index (Phi) is 3.82. The van der Waals surface area contributed by atoms with Gasteiger partial charge in [0.05, 0.1) is 0 Å². The molecule has 0 heterocycles. The highest BCUT2D eigenvalue weighted by molar-refractivity contribution is 5.80. The molecule has 0 aliphatic carbocycles. The van der Waals surface area contributed by atoms with Crippen LogP contribution in [0.2, 0.25) is 0 Å². The molecule has 0 aromatic heterocycles. The van der Waals surface area contributed by atoms with Crippen molar-refractivity contribution in [2.75, 3.05) is 13.1 Å². The van der Waals surface area contributed by atoms with Crippen LogP contribution >= 0.6 is 0 Å². The number of rotatable bonds is 5. The van der Waals surface area contributed by atoms with Crippen LogP contribution in [0.1, 0.15) is 12.5 Å². The molecular weight excluding hydrogens is 192 g/mol. The lowest BCUT2D eigenvalue weighted by Gasteiger charge is -2.26. The third-order valence-corrected chi connectivity index (χ3v) is 2.40. The van der Waals surface area contributed by atoms with Gasteiger partial charge >= 0.3 is 5.97 Å². The van der Waals surface area contributed by atoms with Crippen molar-refractivity contribution >= 4 is 5.97 Å². The molecule has 0 radical (unpaired) electrons. The second kappa shape index (κ2) is 4.91. The van der Waals surface area contributed by atoms with Crippen molar-refractivity contribution in [3.63, 3.8) is 0 Å². The van der Waals surface area contributed by atoms with Gasteiger partial charge in [-0.05, 0) is 12.5 Å². The molecule has 4 nitrogen and oxygen atoms in total. The Bertz CT molecular complexity index is 327. The highest BCUT2D eigenvalue weighted by Crippen LogP contribution is 2.20. The first-order chi connectivity index (χ1) is 7.11. The van der Waals surface area contributed by atoms with E-state index in [0.29, 0.717) is 13.1 Å². The van der Waals surface area contributed by atoms with Crippen molar-refractivity contribution in [2.45, 2.75) is 12.5 Å². The molecule has 0 aliphatic heterocycles. The summed E-state index contributed by atoms with van der Waals surface area (Å²) in [6.45, 7) is 2.52. The van der Waals surface area contributed by atoms with E-state index in [1.165, 1.54) is 0 Å². The standard InChI is InChI=1S/C11H16N2O2/c1-11(10(14)15,13-8-7-12)9-5-3-2-4-6-9/h2-6,13H,7-8,12H2,1H3,(H,14,15). The molecule has 0 aliphatic rings. The predicted molar refractivity (Wildman–Crippen MR) is 58.5 cm³/mol. The third kappa shape index (κ3) is 2.55. The second-order valence-electron chi connectivity index (χ2n) is 3.51. The third-order valence-electron chi connectivity index (χ3n) is 2.40. The van der Waals surface area contributed by atoms with Crippen LogP contribution in [0.3, 0.4) is 0 Å². The Hall–Kier alpha value is -1.39. The average Bonchev–Trinajstić information content (AvgIpc) is 2.27. The SMILES string of the molecule is CC(NCCN)(C(=O)O)c1ccccc1. The van der Waals surface area contributed by atoms with Crippen LogP contribution in [0.4, 0.5) is 0 Å². The smallest absolute Gasteiger partial charge is 0.328 e. The van der Waals surface area contributed by atoms with Crippen LogP contribution < -0.4 is 11.1 Å². The Morgan fingerprint density at radius 1 is 1.47 bits per heavy atom. The van der Waals surface area contributed by atoms with E-state index in [-0.39, 0.29) is 0 Å². The number of benzene rings is 1. The van der Waals surface area contributed by atoms with Crippen molar-refractivity contribution < 1.29 is 9.90 Å². The zero-order chi connectivity index (χ0) is 11.3. The van der Waals surface area contributed by atoms with E-state index >= 15 is 0 Å². The fourth-order valence-electron chi connectivity index (χ4n) is 1.39. The molecule has 1 atom stereocenters. The van der Waals surface area contributed by atoms with E-state index < -0.39 is 11.5 Å². The summed E-state index contributed by atoms with van der Waals surface area (Å²) in [4.78, 5) is 11.2. The van der Waals surface area contributed by atoms with Gasteiger partial charge in [-0.3, -0.25) is 5.32 Å². The summed E-state index contributed by atoms with van der Waals surface area (Å²) >= 11 is 0. The lowest BCUT2D eigenvalue weighted by Crippen LogP contribution is -2.48. The lowest BCUT2D eigenvalue weighted by atomic mass is 9.92. The van der Waals surface area contributed by atoms with Crippen molar-refractivity contribution in [2.24, 2.45) is 5.73 Å². The molecule has 1 rings (SSSR count). The molecular formula is C11H16N2O2. The van der Waals surface area contributed by atoms with Gasteiger partial charge < -0.3 is 10.8 Å². The maximum absolute atomic E-state index is 11.2. The van der Waals surface area contributed by atoms with E-state index in [4.69, 9.17) is 5.73 Å². The minimum Gasteiger partial charge on any atom is -0.480 e. The van der Waals surface area contributed by atoms with E-state index in [1.807, 2.05) is 18.2 Å². The van der Waals surface area contributed by atoms with Gasteiger partial charge in [0.15, 0.2) is 0 Å². The molecule has 1 unspecified atom stereocenters. The normalized spacial score (nSPS) is 14.5. The number of nitrogens with one attached hydrogen (secondary N) is 1. The molecule has 0 amide bonds. The minimum absolute atomic E-state index is 0.412. The largest absolute Gasteiger partial charge is 0.480 e. The van der Waals surface area contributed by atoms with Crippen molar-refractivity contribution in [3.05, 3.63) is 35.9 Å². The molecule has 4 heteroatoms. The monoisotopic (exact) mass is 208 g/mol. The number of hydrogen-bond donors (Lipinski definition) is 3. The molecule has 0 saturated heterocycles. The van der Waals surface area contributed by atoms with Crippen LogP contribution in [0.5, 0.6) is 0 Å². The summed E-state index contributed by atoms with van der Waals surface area (Å²) in [7, 11) is 0. The molecule has 4 N–H and O–H groups in total. The average molecular weight is 208 g/mol. The molecule has 15 heavy (non-hydrogen) atoms. The quantitative estimate of drug-likeness (QED) is 0.660. The van der Waals surface area contributed by atoms with Crippen LogP contribution in [0.15, 0.2) is 30.3 Å². The summed E-state index contributed by atoms with van der Waals surface area (Å²) in [5.74, 6) is -0.901. The van der Waals surface area contributed by atoms with Gasteiger partial charge in [-0.15, -0.1) is 0 Å². The fourth-order valence-corrected chi connectivity index (χ4v) is 1.39. The van der Waals surface area contributed by atoms with Gasteiger partial charge in [-0.1, -0.05) is 30.3 Å². The first kappa shape index (κ1) is 11.7. The number of carboxylic acids is 1. The Morgan fingerprint density at radius 3 is 2.53 bits per heavy atom. The van der Waals surface area contributed by atoms with E-state index in [9.17, 15) is 9.90 Å². The fraction of sp³-hybridized carbons (Fsp3) is 0.364. The zero-order valence-electron chi connectivity index (χ0n) is 8.73. The van der Waals surface area contributed by atoms with Gasteiger partial charge in [-0.25, -0.2) is 4.79 Å². The molecule has 0 bridgehead atoms. The van der Waals surface area contributed by atoms with Gasteiger partial charge in [-0.2, -0.15) is 0 Å². The first-order valence-corrected chi connectivity index (χ1v) is 4.85. The molecule has 1 aromatic carbocycles. The molecule has 1 aromatic rings. The van der Waals surface area contributed by atoms with Crippen molar-refractivity contribution in [1.29, 1.82) is 0 Å². The second-order valence-corrected chi connectivity index (χ2v) is 3.51. The topological polar surface area (TPSA) is 75.3 Å². The highest BCUT2D eigenvalue weighted by Gasteiger charge is 2.33. The predicted octanol–water partition coefficient (Wildman–Crippen LogP) is 0.535. The van der Waals surface area contributed by atoms with Crippen molar-refractivity contribution in [3.8, 4) is 0 Å². The van der Waals surface area contributed by atoms with E-state index in [0.717, 1.165) is 5.56 Å². The van der Waals surface area contributed by atoms with Crippen LogP contribution in [0, 0.1) is 0 Å². The van der Waals surface area contributed by atoms with Gasteiger partial charge in [0.1, 0.15) is 5.54 Å². The number of aliphatic carboxylic acids is 1. The Balaban J connectivity index is 2.96. The highest BCUT2D eigenvalue weighted by atomic mass is 16.4. The minimum atomic E-state index is -1.07. The Morgan fingerprint density at radius 2 is 2.07 bits per heavy atom. The first-order valence-electron chi connectivity index (χ1n) is 4.85. The van der Waals surface area contributed by atoms with Crippen LogP contribution in [0.25, 0.3) is 0 Å². The summed E-state index contributed by atoms with van der Waals surface area (Å²) in [6, 6.07) is 9.07. The number of nitrogens with two attached hydrogens (primary N) is 1. The zero-order valence-corrected chi connectivity index (χ0v) is 8.73. The molecule has 0 spiro atoms. The number of hydrogen-bond acceptors (Lipinski definition) is 3. The summed E-state index contributed by atoms with van der Waals surface area (Å²) in [5, 5.41) is 12.1. The number of carbonyl (C=O) groups is 1. The van der Waals surface area contributed by atoms with Crippen LogP contribution in [-0.4, -0.2) is 24.2 Å². The number of carboxylic acid groups (broad SMARTS) is 1. The molecule has 82 valence electrons. The molecule has 0 fully saturated rings. The van der Waals surface area contributed by atoms with Crippen LogP contribution in [-0.2, 0) is 10.3 Å². The molecule has 0 saturated carbocycles.